The first kappa shape index (κ1) is 32.3. The van der Waals surface area contributed by atoms with Gasteiger partial charge in [-0.25, -0.2) is 32.3 Å². The van der Waals surface area contributed by atoms with Crippen molar-refractivity contribution in [1.29, 1.82) is 0 Å². The van der Waals surface area contributed by atoms with Crippen LogP contribution in [0.4, 0.5) is 23.4 Å². The number of anilines is 1. The lowest BCUT2D eigenvalue weighted by Crippen LogP contribution is -2.42. The minimum absolute atomic E-state index is 0.0434. The van der Waals surface area contributed by atoms with Crippen molar-refractivity contribution in [1.82, 2.24) is 15.3 Å². The number of nitrogens with zero attached hydrogens (tertiary/aromatic N) is 2. The smallest absolute Gasteiger partial charge is 0.338 e. The number of halogens is 5. The topological polar surface area (TPSA) is 127 Å². The van der Waals surface area contributed by atoms with Crippen molar-refractivity contribution in [2.45, 2.75) is 43.2 Å². The Balaban J connectivity index is 1.31. The van der Waals surface area contributed by atoms with E-state index in [9.17, 15) is 19.1 Å². The summed E-state index contributed by atoms with van der Waals surface area (Å²) in [7, 11) is 0. The van der Waals surface area contributed by atoms with Crippen LogP contribution in [0.3, 0.4) is 0 Å². The molecule has 45 heavy (non-hydrogen) atoms. The summed E-state index contributed by atoms with van der Waals surface area (Å²) in [4.78, 5) is 33.8. The van der Waals surface area contributed by atoms with E-state index < -0.39 is 60.5 Å². The van der Waals surface area contributed by atoms with Crippen molar-refractivity contribution in [2.24, 2.45) is 0 Å². The maximum Gasteiger partial charge on any atom is 0.338 e. The lowest BCUT2D eigenvalue weighted by molar-refractivity contribution is -0.140. The van der Waals surface area contributed by atoms with E-state index in [1.807, 2.05) is 22.6 Å². The van der Waals surface area contributed by atoms with Crippen molar-refractivity contribution in [2.75, 3.05) is 12.3 Å². The fourth-order valence-electron chi connectivity index (χ4n) is 5.21. The number of nitrogens with one attached hydrogen (secondary N) is 1. The van der Waals surface area contributed by atoms with Crippen LogP contribution in [0, 0.1) is 15.2 Å². The quantitative estimate of drug-likeness (QED) is 0.112. The van der Waals surface area contributed by atoms with E-state index in [0.29, 0.717) is 9.13 Å². The van der Waals surface area contributed by atoms with Crippen molar-refractivity contribution in [3.63, 3.8) is 0 Å². The zero-order chi connectivity index (χ0) is 32.3. The van der Waals surface area contributed by atoms with E-state index in [0.717, 1.165) is 12.1 Å². The zero-order valence-electron chi connectivity index (χ0n) is 23.5. The standard InChI is InChI=1S/C32H27F4IN4O4/c33-21-10-20(11-22(37)13-21)26(16-42)41-30(43)23-8-6-18(12-24(23)34)28-29(38)39-15-25(40-28)19-7-9-27(32(35,36)14-19)45-31(44)17-4-2-1-3-5-17/h1-6,8,10-13,15,19,26-27,42H,7,9,14,16H2,(H2,38,39)(H,41,43)/t19?,26-,27?/m1/s1. The van der Waals surface area contributed by atoms with Crippen molar-refractivity contribution < 1.29 is 37.0 Å². The molecule has 0 aliphatic heterocycles. The Morgan fingerprint density at radius 1 is 1.09 bits per heavy atom. The Bertz CT molecular complexity index is 1710. The number of esters is 1. The molecule has 4 N–H and O–H groups in total. The molecule has 8 nitrogen and oxygen atoms in total. The van der Waals surface area contributed by atoms with E-state index in [2.05, 4.69) is 15.3 Å². The third-order valence-electron chi connectivity index (χ3n) is 7.53. The second-order valence-electron chi connectivity index (χ2n) is 10.6. The van der Waals surface area contributed by atoms with Gasteiger partial charge in [-0.2, -0.15) is 0 Å². The number of hydrogen-bond acceptors (Lipinski definition) is 7. The molecule has 5 rings (SSSR count). The highest BCUT2D eigenvalue weighted by molar-refractivity contribution is 14.1. The number of carbonyl (C=O) groups is 2. The molecule has 1 heterocycles. The second-order valence-corrected chi connectivity index (χ2v) is 11.9. The second kappa shape index (κ2) is 13.5. The van der Waals surface area contributed by atoms with Gasteiger partial charge in [0.2, 0.25) is 0 Å². The molecule has 1 aliphatic carbocycles. The molecular weight excluding hydrogens is 707 g/mol. The molecule has 0 radical (unpaired) electrons. The normalized spacial score (nSPS) is 18.2. The van der Waals surface area contributed by atoms with Gasteiger partial charge >= 0.3 is 5.97 Å². The fraction of sp³-hybridized carbons (Fsp3) is 0.250. The molecule has 1 amide bonds. The molecule has 3 atom stereocenters. The summed E-state index contributed by atoms with van der Waals surface area (Å²) in [5.41, 5.74) is 6.56. The number of nitrogen functional groups attached to an aromatic ring is 1. The molecule has 234 valence electrons. The number of rotatable bonds is 8. The average Bonchev–Trinajstić information content (AvgIpc) is 3.00. The Hall–Kier alpha value is -4.11. The first-order valence-corrected chi connectivity index (χ1v) is 15.0. The Morgan fingerprint density at radius 3 is 2.51 bits per heavy atom. The molecule has 4 aromatic rings. The number of nitrogens with two attached hydrogens (primary N) is 1. The van der Waals surface area contributed by atoms with Crippen LogP contribution in [0.2, 0.25) is 0 Å². The van der Waals surface area contributed by atoms with Crippen LogP contribution in [0.5, 0.6) is 0 Å². The molecule has 1 aromatic heterocycles. The molecule has 13 heteroatoms. The minimum Gasteiger partial charge on any atom is -0.452 e. The SMILES string of the molecule is Nc1ncc(C2CCC(OC(=O)c3ccccc3)C(F)(F)C2)nc1-c1ccc(C(=O)N[C@H](CO)c2cc(F)cc(I)c2)c(F)c1. The van der Waals surface area contributed by atoms with Crippen LogP contribution < -0.4 is 11.1 Å². The molecule has 3 aromatic carbocycles. The fourth-order valence-corrected chi connectivity index (χ4v) is 5.87. The molecule has 0 spiro atoms. The maximum absolute atomic E-state index is 15.2. The number of aliphatic hydroxyl groups excluding tert-OH is 1. The number of carbonyl (C=O) groups excluding carboxylic acids is 2. The minimum atomic E-state index is -3.34. The zero-order valence-corrected chi connectivity index (χ0v) is 25.7. The highest BCUT2D eigenvalue weighted by Crippen LogP contribution is 2.43. The summed E-state index contributed by atoms with van der Waals surface area (Å²) in [6.45, 7) is -0.555. The van der Waals surface area contributed by atoms with Crippen LogP contribution in [-0.4, -0.2) is 45.6 Å². The van der Waals surface area contributed by atoms with Crippen molar-refractivity contribution in [3.05, 3.63) is 111 Å². The highest BCUT2D eigenvalue weighted by Gasteiger charge is 2.48. The van der Waals surface area contributed by atoms with E-state index in [1.165, 1.54) is 36.5 Å². The van der Waals surface area contributed by atoms with Gasteiger partial charge in [-0.3, -0.25) is 4.79 Å². The van der Waals surface area contributed by atoms with Gasteiger partial charge in [0.1, 0.15) is 23.1 Å². The Morgan fingerprint density at radius 2 is 1.84 bits per heavy atom. The monoisotopic (exact) mass is 734 g/mol. The van der Waals surface area contributed by atoms with Gasteiger partial charge in [-0.1, -0.05) is 24.3 Å². The third kappa shape index (κ3) is 7.41. The van der Waals surface area contributed by atoms with Crippen LogP contribution >= 0.6 is 22.6 Å². The van der Waals surface area contributed by atoms with Gasteiger partial charge in [-0.05, 0) is 83.5 Å². The summed E-state index contributed by atoms with van der Waals surface area (Å²) in [5.74, 6) is -7.32. The number of ether oxygens (including phenoxy) is 1. The molecule has 1 fully saturated rings. The molecule has 2 unspecified atom stereocenters. The van der Waals surface area contributed by atoms with Crippen molar-refractivity contribution in [3.8, 4) is 11.3 Å². The molecule has 1 aliphatic rings. The largest absolute Gasteiger partial charge is 0.452 e. The highest BCUT2D eigenvalue weighted by atomic mass is 127. The predicted molar refractivity (Wildman–Crippen MR) is 165 cm³/mol. The van der Waals surface area contributed by atoms with E-state index in [-0.39, 0.29) is 46.7 Å². The van der Waals surface area contributed by atoms with Gasteiger partial charge in [-0.15, -0.1) is 0 Å². The summed E-state index contributed by atoms with van der Waals surface area (Å²) < 4.78 is 65.1. The van der Waals surface area contributed by atoms with Crippen LogP contribution in [0.25, 0.3) is 11.3 Å². The van der Waals surface area contributed by atoms with Gasteiger partial charge in [0.15, 0.2) is 6.10 Å². The lowest BCUT2D eigenvalue weighted by atomic mass is 9.82. The lowest BCUT2D eigenvalue weighted by Gasteiger charge is -2.35. The summed E-state index contributed by atoms with van der Waals surface area (Å²) in [5, 5.41) is 12.3. The number of aliphatic hydroxyl groups is 1. The summed E-state index contributed by atoms with van der Waals surface area (Å²) >= 11 is 1.90. The predicted octanol–water partition coefficient (Wildman–Crippen LogP) is 6.20. The number of hydrogen-bond donors (Lipinski definition) is 3. The average molecular weight is 734 g/mol. The summed E-state index contributed by atoms with van der Waals surface area (Å²) in [6.07, 6.45) is -0.854. The number of benzene rings is 3. The molecular formula is C32H27F4IN4O4. The molecule has 0 saturated heterocycles. The molecule has 1 saturated carbocycles. The first-order chi connectivity index (χ1) is 21.4. The number of amides is 1. The van der Waals surface area contributed by atoms with Gasteiger partial charge in [0.05, 0.1) is 35.7 Å². The van der Waals surface area contributed by atoms with Gasteiger partial charge < -0.3 is 20.9 Å². The third-order valence-corrected chi connectivity index (χ3v) is 8.15. The maximum atomic E-state index is 15.2. The summed E-state index contributed by atoms with van der Waals surface area (Å²) in [6, 6.07) is 14.5. The molecule has 0 bridgehead atoms. The van der Waals surface area contributed by atoms with E-state index in [4.69, 9.17) is 10.5 Å². The van der Waals surface area contributed by atoms with Crippen molar-refractivity contribution >= 4 is 40.3 Å². The van der Waals surface area contributed by atoms with E-state index >= 15 is 13.2 Å². The van der Waals surface area contributed by atoms with Crippen LogP contribution in [0.1, 0.15) is 63.2 Å². The Labute approximate surface area is 269 Å². The Kier molecular flexibility index (Phi) is 9.68. The number of alkyl halides is 2. The van der Waals surface area contributed by atoms with E-state index in [1.54, 1.807) is 24.3 Å². The van der Waals surface area contributed by atoms with Crippen LogP contribution in [-0.2, 0) is 4.74 Å². The number of aromatic nitrogens is 2. The van der Waals surface area contributed by atoms with Gasteiger partial charge in [0.25, 0.3) is 11.8 Å². The van der Waals surface area contributed by atoms with Gasteiger partial charge in [0, 0.05) is 21.5 Å². The first-order valence-electron chi connectivity index (χ1n) is 13.9. The van der Waals surface area contributed by atoms with Crippen LogP contribution in [0.15, 0.2) is 72.9 Å².